The van der Waals surface area contributed by atoms with E-state index in [9.17, 15) is 14.4 Å². The first kappa shape index (κ1) is 20.8. The molecule has 156 valence electrons. The van der Waals surface area contributed by atoms with Gasteiger partial charge in [-0.05, 0) is 30.7 Å². The molecule has 3 rings (SSSR count). The van der Waals surface area contributed by atoms with E-state index in [4.69, 9.17) is 5.73 Å². The van der Waals surface area contributed by atoms with Crippen LogP contribution >= 0.6 is 0 Å². The zero-order valence-corrected chi connectivity index (χ0v) is 16.7. The van der Waals surface area contributed by atoms with Crippen molar-refractivity contribution in [3.63, 3.8) is 0 Å². The number of fused-ring (bicyclic) bond motifs is 1. The largest absolute Gasteiger partial charge is 0.385 e. The van der Waals surface area contributed by atoms with E-state index >= 15 is 0 Å². The molecule has 1 aromatic carbocycles. The number of hydrogen-bond donors (Lipinski definition) is 5. The lowest BCUT2D eigenvalue weighted by atomic mass is 10.1. The lowest BCUT2D eigenvalue weighted by molar-refractivity contribution is -0.122. The predicted molar refractivity (Wildman–Crippen MR) is 114 cm³/mol. The second-order valence-corrected chi connectivity index (χ2v) is 6.63. The third-order valence-corrected chi connectivity index (χ3v) is 4.51. The Balaban J connectivity index is 1.65. The molecule has 2 heterocycles. The number of amides is 2. The number of H-pyrrole nitrogens is 1. The van der Waals surface area contributed by atoms with Crippen LogP contribution in [0.5, 0.6) is 0 Å². The van der Waals surface area contributed by atoms with Crippen LogP contribution in [0.15, 0.2) is 41.3 Å². The van der Waals surface area contributed by atoms with E-state index < -0.39 is 11.6 Å². The molecule has 2 amide bonds. The molecule has 2 aromatic heterocycles. The summed E-state index contributed by atoms with van der Waals surface area (Å²) in [5, 5.41) is 8.40. The van der Waals surface area contributed by atoms with Gasteiger partial charge >= 0.3 is 0 Å². The number of nitrogens with zero attached hydrogens (tertiary/aromatic N) is 2. The first-order valence-corrected chi connectivity index (χ1v) is 9.42. The highest BCUT2D eigenvalue weighted by Crippen LogP contribution is 2.12. The molecule has 0 aliphatic rings. The number of carbonyl (C=O) groups excluding carboxylic acids is 2. The highest BCUT2D eigenvalue weighted by Gasteiger charge is 2.18. The van der Waals surface area contributed by atoms with E-state index in [0.717, 1.165) is 5.69 Å². The maximum absolute atomic E-state index is 12.3. The van der Waals surface area contributed by atoms with E-state index in [1.54, 1.807) is 36.5 Å². The molecule has 0 bridgehead atoms. The van der Waals surface area contributed by atoms with Crippen molar-refractivity contribution in [2.75, 3.05) is 18.1 Å². The SMILES string of the molecule is CCC(NC(=O)c1ccc(NCc2cnc3cc(N)[nH]c(=O)c3n2)cc1)C(=O)NC. The van der Waals surface area contributed by atoms with Crippen LogP contribution in [0.2, 0.25) is 0 Å². The number of aromatic nitrogens is 3. The smallest absolute Gasteiger partial charge is 0.277 e. The number of anilines is 2. The molecular formula is C20H23N7O3. The van der Waals surface area contributed by atoms with Gasteiger partial charge in [-0.3, -0.25) is 19.4 Å². The average Bonchev–Trinajstić information content (AvgIpc) is 2.75. The zero-order chi connectivity index (χ0) is 21.7. The van der Waals surface area contributed by atoms with Gasteiger partial charge in [0.15, 0.2) is 5.52 Å². The maximum Gasteiger partial charge on any atom is 0.277 e. The van der Waals surface area contributed by atoms with E-state index in [0.29, 0.717) is 29.7 Å². The van der Waals surface area contributed by atoms with Gasteiger partial charge in [-0.2, -0.15) is 0 Å². The fraction of sp³-hybridized carbons (Fsp3) is 0.250. The summed E-state index contributed by atoms with van der Waals surface area (Å²) >= 11 is 0. The molecule has 0 aliphatic carbocycles. The zero-order valence-electron chi connectivity index (χ0n) is 16.7. The second-order valence-electron chi connectivity index (χ2n) is 6.63. The standard InChI is InChI=1S/C20H23N7O3/c1-3-14(19(29)22-2)26-18(28)11-4-6-12(7-5-11)23-9-13-10-24-15-8-16(21)27-20(30)17(15)25-13/h4-8,10,14,23H,3,9H2,1-2H3,(H,22,29)(H,26,28)(H3,21,27,30). The van der Waals surface area contributed by atoms with E-state index in [-0.39, 0.29) is 23.1 Å². The van der Waals surface area contributed by atoms with Crippen LogP contribution in [0.3, 0.4) is 0 Å². The van der Waals surface area contributed by atoms with Crippen LogP contribution in [-0.2, 0) is 11.3 Å². The van der Waals surface area contributed by atoms with E-state index in [2.05, 4.69) is 30.9 Å². The molecule has 0 saturated heterocycles. The Morgan fingerprint density at radius 3 is 2.63 bits per heavy atom. The van der Waals surface area contributed by atoms with Gasteiger partial charge < -0.3 is 26.7 Å². The summed E-state index contributed by atoms with van der Waals surface area (Å²) in [4.78, 5) is 47.1. The van der Waals surface area contributed by atoms with Gasteiger partial charge in [-0.25, -0.2) is 4.98 Å². The number of nitrogens with two attached hydrogens (primary N) is 1. The number of aromatic amines is 1. The lowest BCUT2D eigenvalue weighted by Gasteiger charge is -2.15. The number of nitrogens with one attached hydrogen (secondary N) is 4. The van der Waals surface area contributed by atoms with Crippen LogP contribution in [0.25, 0.3) is 11.0 Å². The van der Waals surface area contributed by atoms with Crippen molar-refractivity contribution in [3.05, 3.63) is 58.1 Å². The number of pyridine rings is 1. The van der Waals surface area contributed by atoms with Crippen LogP contribution in [0.4, 0.5) is 11.5 Å². The van der Waals surface area contributed by atoms with Crippen molar-refractivity contribution < 1.29 is 9.59 Å². The quantitative estimate of drug-likeness (QED) is 0.386. The lowest BCUT2D eigenvalue weighted by Crippen LogP contribution is -2.45. The summed E-state index contributed by atoms with van der Waals surface area (Å²) < 4.78 is 0. The Hall–Kier alpha value is -3.95. The molecule has 0 spiro atoms. The van der Waals surface area contributed by atoms with Crippen LogP contribution < -0.4 is 27.2 Å². The molecule has 0 fully saturated rings. The van der Waals surface area contributed by atoms with Crippen molar-refractivity contribution in [3.8, 4) is 0 Å². The first-order valence-electron chi connectivity index (χ1n) is 9.42. The summed E-state index contributed by atoms with van der Waals surface area (Å²) in [7, 11) is 1.53. The summed E-state index contributed by atoms with van der Waals surface area (Å²) in [6, 6.07) is 7.79. The molecule has 30 heavy (non-hydrogen) atoms. The third-order valence-electron chi connectivity index (χ3n) is 4.51. The number of hydrogen-bond acceptors (Lipinski definition) is 7. The van der Waals surface area contributed by atoms with Gasteiger partial charge in [0.2, 0.25) is 5.91 Å². The van der Waals surface area contributed by atoms with Gasteiger partial charge in [0.25, 0.3) is 11.5 Å². The summed E-state index contributed by atoms with van der Waals surface area (Å²) in [6.45, 7) is 2.17. The molecule has 1 unspecified atom stereocenters. The van der Waals surface area contributed by atoms with E-state index in [1.165, 1.54) is 7.05 Å². The molecular weight excluding hydrogens is 386 g/mol. The molecule has 0 aliphatic heterocycles. The van der Waals surface area contributed by atoms with Crippen molar-refractivity contribution in [1.29, 1.82) is 0 Å². The minimum absolute atomic E-state index is 0.220. The van der Waals surface area contributed by atoms with Crippen LogP contribution in [-0.4, -0.2) is 39.9 Å². The maximum atomic E-state index is 12.3. The molecule has 10 nitrogen and oxygen atoms in total. The first-order chi connectivity index (χ1) is 14.4. The summed E-state index contributed by atoms with van der Waals surface area (Å²) in [5.41, 5.74) is 7.64. The van der Waals surface area contributed by atoms with Gasteiger partial charge in [-0.15, -0.1) is 0 Å². The van der Waals surface area contributed by atoms with Gasteiger partial charge in [0.1, 0.15) is 11.9 Å². The Morgan fingerprint density at radius 2 is 1.97 bits per heavy atom. The second kappa shape index (κ2) is 9.03. The van der Waals surface area contributed by atoms with Crippen molar-refractivity contribution in [2.45, 2.75) is 25.9 Å². The highest BCUT2D eigenvalue weighted by molar-refractivity contribution is 5.97. The Labute approximate surface area is 172 Å². The number of likely N-dealkylation sites (N-methyl/N-ethyl adjacent to an activating group) is 1. The minimum Gasteiger partial charge on any atom is -0.385 e. The Kier molecular flexibility index (Phi) is 6.26. The Bertz CT molecular complexity index is 1130. The molecule has 10 heteroatoms. The van der Waals surface area contributed by atoms with Crippen molar-refractivity contribution in [2.24, 2.45) is 0 Å². The number of rotatable bonds is 7. The fourth-order valence-electron chi connectivity index (χ4n) is 2.87. The Morgan fingerprint density at radius 1 is 1.23 bits per heavy atom. The highest BCUT2D eigenvalue weighted by atomic mass is 16.2. The predicted octanol–water partition coefficient (Wildman–Crippen LogP) is 0.767. The minimum atomic E-state index is -0.578. The topological polar surface area (TPSA) is 155 Å². The van der Waals surface area contributed by atoms with Crippen LogP contribution in [0, 0.1) is 0 Å². The van der Waals surface area contributed by atoms with Gasteiger partial charge in [-0.1, -0.05) is 6.92 Å². The summed E-state index contributed by atoms with van der Waals surface area (Å²) in [5.74, 6) is -0.324. The van der Waals surface area contributed by atoms with Crippen molar-refractivity contribution in [1.82, 2.24) is 25.6 Å². The molecule has 3 aromatic rings. The number of carbonyl (C=O) groups is 2. The molecule has 1 atom stereocenters. The number of nitrogen functional groups attached to an aromatic ring is 1. The molecule has 6 N–H and O–H groups in total. The van der Waals surface area contributed by atoms with Crippen molar-refractivity contribution >= 4 is 34.4 Å². The summed E-state index contributed by atoms with van der Waals surface area (Å²) in [6.07, 6.45) is 2.06. The normalized spacial score (nSPS) is 11.7. The number of benzene rings is 1. The average molecular weight is 409 g/mol. The van der Waals surface area contributed by atoms with Gasteiger partial charge in [0, 0.05) is 24.4 Å². The molecule has 0 saturated carbocycles. The fourth-order valence-corrected chi connectivity index (χ4v) is 2.87. The monoisotopic (exact) mass is 409 g/mol. The van der Waals surface area contributed by atoms with E-state index in [1.807, 2.05) is 6.92 Å². The molecule has 0 radical (unpaired) electrons. The third kappa shape index (κ3) is 4.72. The van der Waals surface area contributed by atoms with Crippen LogP contribution in [0.1, 0.15) is 29.4 Å². The van der Waals surface area contributed by atoms with Gasteiger partial charge in [0.05, 0.1) is 24.0 Å².